The lowest BCUT2D eigenvalue weighted by Crippen LogP contribution is -2.36. The molecule has 1 aromatic heterocycles. The van der Waals surface area contributed by atoms with Gasteiger partial charge in [-0.3, -0.25) is 9.58 Å². The molecule has 0 amide bonds. The predicted molar refractivity (Wildman–Crippen MR) is 72.1 cm³/mol. The van der Waals surface area contributed by atoms with Crippen LogP contribution in [0.2, 0.25) is 0 Å². The first-order chi connectivity index (χ1) is 8.81. The number of rotatable bonds is 7. The van der Waals surface area contributed by atoms with E-state index in [1.165, 1.54) is 37.8 Å². The lowest BCUT2D eigenvalue weighted by atomic mass is 10.1. The third-order valence-corrected chi connectivity index (χ3v) is 4.17. The highest BCUT2D eigenvalue weighted by Crippen LogP contribution is 2.39. The third kappa shape index (κ3) is 2.59. The number of nitrogens with two attached hydrogens (primary N) is 1. The SMILES string of the molecule is CCn1cc(C(CN)N(CC2CC2)C2CC2)cn1. The van der Waals surface area contributed by atoms with Gasteiger partial charge in [-0.2, -0.15) is 5.10 Å². The minimum atomic E-state index is 0.374. The molecule has 0 saturated heterocycles. The van der Waals surface area contributed by atoms with Gasteiger partial charge >= 0.3 is 0 Å². The highest BCUT2D eigenvalue weighted by Gasteiger charge is 2.37. The van der Waals surface area contributed by atoms with Crippen LogP contribution in [0.1, 0.15) is 44.2 Å². The molecule has 2 aliphatic carbocycles. The Morgan fingerprint density at radius 3 is 2.72 bits per heavy atom. The van der Waals surface area contributed by atoms with Gasteiger partial charge in [0.25, 0.3) is 0 Å². The van der Waals surface area contributed by atoms with Crippen LogP contribution in [-0.4, -0.2) is 33.8 Å². The van der Waals surface area contributed by atoms with Crippen molar-refractivity contribution in [2.24, 2.45) is 11.7 Å². The van der Waals surface area contributed by atoms with Crippen molar-refractivity contribution in [1.82, 2.24) is 14.7 Å². The first-order valence-electron chi connectivity index (χ1n) is 7.30. The van der Waals surface area contributed by atoms with Gasteiger partial charge in [-0.15, -0.1) is 0 Å². The molecule has 0 aliphatic heterocycles. The molecule has 0 aromatic carbocycles. The van der Waals surface area contributed by atoms with E-state index in [-0.39, 0.29) is 0 Å². The summed E-state index contributed by atoms with van der Waals surface area (Å²) in [6.45, 7) is 5.00. The van der Waals surface area contributed by atoms with E-state index in [2.05, 4.69) is 23.1 Å². The molecule has 100 valence electrons. The van der Waals surface area contributed by atoms with E-state index in [1.807, 2.05) is 10.9 Å². The molecule has 4 heteroatoms. The molecule has 2 saturated carbocycles. The average Bonchev–Trinajstić information content (AvgIpc) is 3.28. The minimum Gasteiger partial charge on any atom is -0.329 e. The average molecular weight is 248 g/mol. The Bertz CT molecular complexity index is 392. The van der Waals surface area contributed by atoms with Gasteiger partial charge in [0, 0.05) is 37.4 Å². The second-order valence-corrected chi connectivity index (χ2v) is 5.75. The van der Waals surface area contributed by atoms with Gasteiger partial charge in [0.15, 0.2) is 0 Å². The zero-order valence-electron chi connectivity index (χ0n) is 11.3. The molecule has 4 nitrogen and oxygen atoms in total. The highest BCUT2D eigenvalue weighted by molar-refractivity contribution is 5.13. The smallest absolute Gasteiger partial charge is 0.0538 e. The van der Waals surface area contributed by atoms with Crippen LogP contribution in [-0.2, 0) is 6.54 Å². The summed E-state index contributed by atoms with van der Waals surface area (Å²) >= 11 is 0. The van der Waals surface area contributed by atoms with Crippen molar-refractivity contribution in [3.05, 3.63) is 18.0 Å². The summed E-state index contributed by atoms with van der Waals surface area (Å²) < 4.78 is 2.00. The van der Waals surface area contributed by atoms with Gasteiger partial charge in [0.05, 0.1) is 12.2 Å². The molecule has 0 spiro atoms. The summed E-state index contributed by atoms with van der Waals surface area (Å²) in [4.78, 5) is 2.65. The minimum absolute atomic E-state index is 0.374. The van der Waals surface area contributed by atoms with E-state index in [0.29, 0.717) is 12.6 Å². The zero-order chi connectivity index (χ0) is 12.5. The van der Waals surface area contributed by atoms with Crippen LogP contribution >= 0.6 is 0 Å². The summed E-state index contributed by atoms with van der Waals surface area (Å²) in [5.41, 5.74) is 7.34. The molecule has 2 fully saturated rings. The fourth-order valence-corrected chi connectivity index (χ4v) is 2.72. The van der Waals surface area contributed by atoms with E-state index in [1.54, 1.807) is 0 Å². The van der Waals surface area contributed by atoms with Crippen molar-refractivity contribution in [2.45, 2.75) is 51.2 Å². The summed E-state index contributed by atoms with van der Waals surface area (Å²) in [6, 6.07) is 1.16. The van der Waals surface area contributed by atoms with E-state index >= 15 is 0 Å². The molecule has 2 aliphatic rings. The standard InChI is InChI=1S/C14H24N4/c1-2-17-10-12(8-16-17)14(7-15)18(13-5-6-13)9-11-3-4-11/h8,10-11,13-14H,2-7,9,15H2,1H3. The molecule has 0 bridgehead atoms. The number of hydrogen-bond donors (Lipinski definition) is 1. The third-order valence-electron chi connectivity index (χ3n) is 4.17. The Hall–Kier alpha value is -0.870. The molecule has 2 N–H and O–H groups in total. The second kappa shape index (κ2) is 5.02. The lowest BCUT2D eigenvalue weighted by molar-refractivity contribution is 0.182. The molecule has 3 rings (SSSR count). The van der Waals surface area contributed by atoms with Gasteiger partial charge < -0.3 is 5.73 Å². The van der Waals surface area contributed by atoms with E-state index in [4.69, 9.17) is 5.73 Å². The fraction of sp³-hybridized carbons (Fsp3) is 0.786. The molecule has 1 atom stereocenters. The van der Waals surface area contributed by atoms with Crippen LogP contribution in [0.3, 0.4) is 0 Å². The summed E-state index contributed by atoms with van der Waals surface area (Å²) in [5.74, 6) is 0.931. The molecule has 1 unspecified atom stereocenters. The van der Waals surface area contributed by atoms with Crippen molar-refractivity contribution >= 4 is 0 Å². The molecule has 1 aromatic rings. The first-order valence-corrected chi connectivity index (χ1v) is 7.30. The molecule has 0 radical (unpaired) electrons. The quantitative estimate of drug-likeness (QED) is 0.800. The summed E-state index contributed by atoms with van der Waals surface area (Å²) in [7, 11) is 0. The van der Waals surface area contributed by atoms with Crippen molar-refractivity contribution in [2.75, 3.05) is 13.1 Å². The molecular weight excluding hydrogens is 224 g/mol. The van der Waals surface area contributed by atoms with Crippen molar-refractivity contribution in [3.8, 4) is 0 Å². The van der Waals surface area contributed by atoms with Crippen LogP contribution in [0.25, 0.3) is 0 Å². The van der Waals surface area contributed by atoms with Gasteiger partial charge in [0.2, 0.25) is 0 Å². The Morgan fingerprint density at radius 1 is 1.44 bits per heavy atom. The Kier molecular flexibility index (Phi) is 3.39. The number of aryl methyl sites for hydroxylation is 1. The normalized spacial score (nSPS) is 21.5. The van der Waals surface area contributed by atoms with Gasteiger partial charge in [0.1, 0.15) is 0 Å². The maximum Gasteiger partial charge on any atom is 0.0538 e. The van der Waals surface area contributed by atoms with E-state index in [9.17, 15) is 0 Å². The maximum atomic E-state index is 6.04. The predicted octanol–water partition coefficient (Wildman–Crippen LogP) is 1.78. The summed E-state index contributed by atoms with van der Waals surface area (Å²) in [5, 5.41) is 4.39. The number of nitrogens with zero attached hydrogens (tertiary/aromatic N) is 3. The Balaban J connectivity index is 1.75. The van der Waals surface area contributed by atoms with Crippen molar-refractivity contribution < 1.29 is 0 Å². The number of aromatic nitrogens is 2. The first kappa shape index (κ1) is 12.2. The van der Waals surface area contributed by atoms with Gasteiger partial charge in [-0.05, 0) is 38.5 Å². The van der Waals surface area contributed by atoms with Crippen LogP contribution in [0.4, 0.5) is 0 Å². The molecular formula is C14H24N4. The van der Waals surface area contributed by atoms with E-state index in [0.717, 1.165) is 18.5 Å². The van der Waals surface area contributed by atoms with Crippen molar-refractivity contribution in [3.63, 3.8) is 0 Å². The Labute approximate surface area is 109 Å². The highest BCUT2D eigenvalue weighted by atomic mass is 15.3. The fourth-order valence-electron chi connectivity index (χ4n) is 2.72. The Morgan fingerprint density at radius 2 is 2.22 bits per heavy atom. The van der Waals surface area contributed by atoms with Crippen molar-refractivity contribution in [1.29, 1.82) is 0 Å². The van der Waals surface area contributed by atoms with Crippen LogP contribution in [0, 0.1) is 5.92 Å². The van der Waals surface area contributed by atoms with Crippen LogP contribution in [0.5, 0.6) is 0 Å². The topological polar surface area (TPSA) is 47.1 Å². The van der Waals surface area contributed by atoms with Gasteiger partial charge in [-0.25, -0.2) is 0 Å². The zero-order valence-corrected chi connectivity index (χ0v) is 11.3. The second-order valence-electron chi connectivity index (χ2n) is 5.75. The maximum absolute atomic E-state index is 6.04. The lowest BCUT2D eigenvalue weighted by Gasteiger charge is -2.30. The van der Waals surface area contributed by atoms with E-state index < -0.39 is 0 Å². The summed E-state index contributed by atoms with van der Waals surface area (Å²) in [6.07, 6.45) is 9.70. The monoisotopic (exact) mass is 248 g/mol. The largest absolute Gasteiger partial charge is 0.329 e. The van der Waals surface area contributed by atoms with Crippen LogP contribution in [0.15, 0.2) is 12.4 Å². The molecule has 1 heterocycles. The number of hydrogen-bond acceptors (Lipinski definition) is 3. The van der Waals surface area contributed by atoms with Crippen LogP contribution < -0.4 is 5.73 Å². The molecule has 18 heavy (non-hydrogen) atoms. The van der Waals surface area contributed by atoms with Gasteiger partial charge in [-0.1, -0.05) is 0 Å².